The lowest BCUT2D eigenvalue weighted by Crippen LogP contribution is -2.38. The van der Waals surface area contributed by atoms with Crippen LogP contribution in [0.1, 0.15) is 48.9 Å². The predicted octanol–water partition coefficient (Wildman–Crippen LogP) is 2.23. The van der Waals surface area contributed by atoms with Crippen LogP contribution in [0.15, 0.2) is 16.5 Å². The van der Waals surface area contributed by atoms with Gasteiger partial charge in [-0.3, -0.25) is 0 Å². The Morgan fingerprint density at radius 1 is 1.58 bits per heavy atom. The summed E-state index contributed by atoms with van der Waals surface area (Å²) in [5.41, 5.74) is -1.05. The Kier molecular flexibility index (Phi) is 4.27. The molecule has 1 aromatic rings. The second-order valence-corrected chi connectivity index (χ2v) is 4.92. The fourth-order valence-corrected chi connectivity index (χ4v) is 2.46. The van der Waals surface area contributed by atoms with E-state index in [0.29, 0.717) is 25.2 Å². The van der Waals surface area contributed by atoms with Crippen LogP contribution >= 0.6 is 0 Å². The minimum atomic E-state index is -1.05. The molecular formula is C14H20O5. The molecule has 0 aliphatic carbocycles. The summed E-state index contributed by atoms with van der Waals surface area (Å²) in [7, 11) is 1.30. The first-order valence-electron chi connectivity index (χ1n) is 6.61. The molecule has 0 amide bonds. The molecule has 1 aromatic heterocycles. The van der Waals surface area contributed by atoms with E-state index in [1.165, 1.54) is 13.2 Å². The first kappa shape index (κ1) is 14.1. The van der Waals surface area contributed by atoms with Gasteiger partial charge in [-0.1, -0.05) is 13.3 Å². The number of carbonyl (C=O) groups excluding carboxylic acids is 1. The summed E-state index contributed by atoms with van der Waals surface area (Å²) in [6.45, 7) is 2.58. The zero-order valence-corrected chi connectivity index (χ0v) is 11.3. The van der Waals surface area contributed by atoms with E-state index in [4.69, 9.17) is 9.15 Å². The minimum Gasteiger partial charge on any atom is -0.463 e. The van der Waals surface area contributed by atoms with Gasteiger partial charge in [0.15, 0.2) is 0 Å². The third kappa shape index (κ3) is 2.98. The molecule has 2 atom stereocenters. The van der Waals surface area contributed by atoms with Gasteiger partial charge in [-0.25, -0.2) is 4.79 Å². The van der Waals surface area contributed by atoms with Crippen LogP contribution in [0, 0.1) is 0 Å². The van der Waals surface area contributed by atoms with Crippen LogP contribution in [0.5, 0.6) is 0 Å². The second kappa shape index (κ2) is 5.75. The Bertz CT molecular complexity index is 437. The second-order valence-electron chi connectivity index (χ2n) is 4.92. The van der Waals surface area contributed by atoms with Gasteiger partial charge in [0.2, 0.25) is 5.76 Å². The van der Waals surface area contributed by atoms with Crippen molar-refractivity contribution in [2.45, 2.75) is 44.3 Å². The van der Waals surface area contributed by atoms with Crippen molar-refractivity contribution < 1.29 is 23.8 Å². The van der Waals surface area contributed by atoms with Crippen molar-refractivity contribution in [1.82, 2.24) is 0 Å². The number of rotatable bonds is 4. The fraction of sp³-hybridized carbons (Fsp3) is 0.643. The normalized spacial score (nSPS) is 27.2. The summed E-state index contributed by atoms with van der Waals surface area (Å²) in [5, 5.41) is 10.7. The molecule has 0 bridgehead atoms. The molecule has 5 heteroatoms. The number of furan rings is 1. The Morgan fingerprint density at radius 3 is 3.05 bits per heavy atom. The van der Waals surface area contributed by atoms with Gasteiger partial charge in [0, 0.05) is 12.8 Å². The molecule has 1 saturated heterocycles. The van der Waals surface area contributed by atoms with Gasteiger partial charge in [0.05, 0.1) is 19.8 Å². The van der Waals surface area contributed by atoms with Gasteiger partial charge < -0.3 is 19.0 Å². The standard InChI is InChI=1S/C14H20O5/c1-3-4-10-9-14(16,7-8-18-10)12-6-5-11(19-12)13(15)17-2/h5-6,10,16H,3-4,7-9H2,1-2H3. The van der Waals surface area contributed by atoms with Crippen LogP contribution in [0.2, 0.25) is 0 Å². The van der Waals surface area contributed by atoms with Crippen LogP contribution in [-0.4, -0.2) is 30.9 Å². The Labute approximate surface area is 112 Å². The SMILES string of the molecule is CCCC1CC(O)(c2ccc(C(=O)OC)o2)CCO1. The van der Waals surface area contributed by atoms with Gasteiger partial charge >= 0.3 is 5.97 Å². The lowest BCUT2D eigenvalue weighted by Gasteiger charge is -2.35. The molecule has 0 saturated carbocycles. The lowest BCUT2D eigenvalue weighted by atomic mass is 9.87. The molecule has 5 nitrogen and oxygen atoms in total. The van der Waals surface area contributed by atoms with E-state index in [-0.39, 0.29) is 11.9 Å². The van der Waals surface area contributed by atoms with E-state index in [2.05, 4.69) is 11.7 Å². The maximum absolute atomic E-state index is 11.4. The van der Waals surface area contributed by atoms with Gasteiger partial charge in [0.1, 0.15) is 11.4 Å². The molecule has 19 heavy (non-hydrogen) atoms. The summed E-state index contributed by atoms with van der Waals surface area (Å²) in [6, 6.07) is 3.17. The van der Waals surface area contributed by atoms with Crippen LogP contribution in [0.3, 0.4) is 0 Å². The molecule has 106 valence electrons. The van der Waals surface area contributed by atoms with Gasteiger partial charge in [0.25, 0.3) is 0 Å². The van der Waals surface area contributed by atoms with Gasteiger partial charge in [-0.2, -0.15) is 0 Å². The van der Waals surface area contributed by atoms with Crippen molar-refractivity contribution in [2.24, 2.45) is 0 Å². The van der Waals surface area contributed by atoms with Crippen molar-refractivity contribution in [2.75, 3.05) is 13.7 Å². The number of ether oxygens (including phenoxy) is 2. The monoisotopic (exact) mass is 268 g/mol. The average molecular weight is 268 g/mol. The third-order valence-corrected chi connectivity index (χ3v) is 3.50. The smallest absolute Gasteiger partial charge is 0.373 e. The number of hydrogen-bond acceptors (Lipinski definition) is 5. The summed E-state index contributed by atoms with van der Waals surface area (Å²) in [4.78, 5) is 11.4. The number of esters is 1. The highest BCUT2D eigenvalue weighted by Crippen LogP contribution is 2.36. The first-order chi connectivity index (χ1) is 9.09. The van der Waals surface area contributed by atoms with Gasteiger partial charge in [-0.05, 0) is 18.6 Å². The zero-order chi connectivity index (χ0) is 13.9. The lowest BCUT2D eigenvalue weighted by molar-refractivity contribution is -0.119. The third-order valence-electron chi connectivity index (χ3n) is 3.50. The molecule has 2 rings (SSSR count). The van der Waals surface area contributed by atoms with Crippen molar-refractivity contribution in [3.63, 3.8) is 0 Å². The first-order valence-corrected chi connectivity index (χ1v) is 6.61. The Morgan fingerprint density at radius 2 is 2.37 bits per heavy atom. The average Bonchev–Trinajstić information content (AvgIpc) is 2.89. The molecule has 1 aliphatic rings. The highest BCUT2D eigenvalue weighted by atomic mass is 16.5. The highest BCUT2D eigenvalue weighted by Gasteiger charge is 2.39. The molecule has 1 fully saturated rings. The number of hydrogen-bond donors (Lipinski definition) is 1. The van der Waals surface area contributed by atoms with E-state index in [9.17, 15) is 9.90 Å². The van der Waals surface area contributed by atoms with E-state index in [0.717, 1.165) is 12.8 Å². The maximum Gasteiger partial charge on any atom is 0.373 e. The Balaban J connectivity index is 2.14. The number of aliphatic hydroxyl groups is 1. The molecule has 0 radical (unpaired) electrons. The van der Waals surface area contributed by atoms with E-state index in [1.54, 1.807) is 6.07 Å². The number of methoxy groups -OCH3 is 1. The molecule has 1 N–H and O–H groups in total. The quantitative estimate of drug-likeness (QED) is 0.848. The van der Waals surface area contributed by atoms with Crippen molar-refractivity contribution >= 4 is 5.97 Å². The zero-order valence-electron chi connectivity index (χ0n) is 11.3. The van der Waals surface area contributed by atoms with E-state index >= 15 is 0 Å². The van der Waals surface area contributed by atoms with Crippen molar-refractivity contribution in [3.8, 4) is 0 Å². The molecule has 2 heterocycles. The minimum absolute atomic E-state index is 0.0374. The molecule has 1 aliphatic heterocycles. The van der Waals surface area contributed by atoms with Crippen LogP contribution in [-0.2, 0) is 15.1 Å². The molecular weight excluding hydrogens is 248 g/mol. The van der Waals surface area contributed by atoms with E-state index in [1.807, 2.05) is 0 Å². The van der Waals surface area contributed by atoms with E-state index < -0.39 is 11.6 Å². The number of carbonyl (C=O) groups is 1. The largest absolute Gasteiger partial charge is 0.463 e. The molecule has 0 spiro atoms. The summed E-state index contributed by atoms with van der Waals surface area (Å²) in [6.07, 6.45) is 2.92. The predicted molar refractivity (Wildman–Crippen MR) is 67.8 cm³/mol. The summed E-state index contributed by atoms with van der Waals surface area (Å²) in [5.74, 6) is -0.00576. The highest BCUT2D eigenvalue weighted by molar-refractivity contribution is 5.86. The topological polar surface area (TPSA) is 68.9 Å². The Hall–Kier alpha value is -1.33. The van der Waals surface area contributed by atoms with Crippen LogP contribution < -0.4 is 0 Å². The summed E-state index contributed by atoms with van der Waals surface area (Å²) < 4.78 is 15.6. The fourth-order valence-electron chi connectivity index (χ4n) is 2.46. The van der Waals surface area contributed by atoms with Crippen LogP contribution in [0.4, 0.5) is 0 Å². The molecule has 2 unspecified atom stereocenters. The maximum atomic E-state index is 11.4. The summed E-state index contributed by atoms with van der Waals surface area (Å²) >= 11 is 0. The molecule has 0 aromatic carbocycles. The van der Waals surface area contributed by atoms with Crippen molar-refractivity contribution in [3.05, 3.63) is 23.7 Å². The van der Waals surface area contributed by atoms with Crippen LogP contribution in [0.25, 0.3) is 0 Å². The van der Waals surface area contributed by atoms with Gasteiger partial charge in [-0.15, -0.1) is 0 Å². The van der Waals surface area contributed by atoms with Crippen molar-refractivity contribution in [1.29, 1.82) is 0 Å².